The molecule has 3 heterocycles. The summed E-state index contributed by atoms with van der Waals surface area (Å²) in [6, 6.07) is 13.8. The van der Waals surface area contributed by atoms with Gasteiger partial charge in [-0.2, -0.15) is 0 Å². The Kier molecular flexibility index (Phi) is 4.31. The number of fused-ring (bicyclic) bond motifs is 2. The lowest BCUT2D eigenvalue weighted by Crippen LogP contribution is -2.54. The highest BCUT2D eigenvalue weighted by Gasteiger charge is 2.33. The molecule has 5 rings (SSSR count). The molecule has 1 saturated heterocycles. The fourth-order valence-corrected chi connectivity index (χ4v) is 4.73. The summed E-state index contributed by atoms with van der Waals surface area (Å²) >= 11 is 1.71. The van der Waals surface area contributed by atoms with Crippen LogP contribution in [0.3, 0.4) is 0 Å². The molecule has 0 saturated carbocycles. The summed E-state index contributed by atoms with van der Waals surface area (Å²) < 4.78 is 12.8. The Morgan fingerprint density at radius 1 is 1.11 bits per heavy atom. The van der Waals surface area contributed by atoms with Gasteiger partial charge in [0.1, 0.15) is 6.61 Å². The van der Waals surface area contributed by atoms with Crippen molar-refractivity contribution in [3.63, 3.8) is 0 Å². The average molecular weight is 395 g/mol. The van der Waals surface area contributed by atoms with E-state index in [1.54, 1.807) is 11.3 Å². The minimum absolute atomic E-state index is 0.00548. The molecule has 1 aromatic heterocycles. The Bertz CT molecular complexity index is 1030. The second kappa shape index (κ2) is 6.98. The summed E-state index contributed by atoms with van der Waals surface area (Å²) in [5, 5.41) is 1.03. The molecule has 0 radical (unpaired) electrons. The number of aryl methyl sites for hydroxylation is 1. The lowest BCUT2D eigenvalue weighted by atomic mass is 10.2. The van der Waals surface area contributed by atoms with Crippen LogP contribution in [-0.4, -0.2) is 54.7 Å². The number of para-hydroxylation sites is 2. The van der Waals surface area contributed by atoms with Gasteiger partial charge in [0.25, 0.3) is 5.91 Å². The highest BCUT2D eigenvalue weighted by Crippen LogP contribution is 2.32. The Morgan fingerprint density at radius 2 is 1.89 bits per heavy atom. The summed E-state index contributed by atoms with van der Waals surface area (Å²) in [4.78, 5) is 21.8. The molecule has 7 heteroatoms. The van der Waals surface area contributed by atoms with Crippen LogP contribution in [0, 0.1) is 6.92 Å². The fraction of sp³-hybridized carbons (Fsp3) is 0.333. The van der Waals surface area contributed by atoms with Crippen molar-refractivity contribution < 1.29 is 14.3 Å². The van der Waals surface area contributed by atoms with Crippen LogP contribution in [0.5, 0.6) is 11.5 Å². The predicted octanol–water partition coefficient (Wildman–Crippen LogP) is 3.09. The van der Waals surface area contributed by atoms with Crippen molar-refractivity contribution in [2.45, 2.75) is 13.0 Å². The normalized spacial score (nSPS) is 19.1. The maximum atomic E-state index is 12.9. The molecule has 1 amide bonds. The molecule has 2 aromatic carbocycles. The number of thiazole rings is 1. The zero-order valence-corrected chi connectivity index (χ0v) is 16.4. The van der Waals surface area contributed by atoms with E-state index in [2.05, 4.69) is 30.0 Å². The van der Waals surface area contributed by atoms with Crippen LogP contribution in [0.2, 0.25) is 0 Å². The van der Waals surface area contributed by atoms with Crippen LogP contribution < -0.4 is 14.4 Å². The van der Waals surface area contributed by atoms with E-state index < -0.39 is 6.10 Å². The molecule has 2 aliphatic rings. The van der Waals surface area contributed by atoms with Gasteiger partial charge in [-0.05, 0) is 36.8 Å². The number of hydrogen-bond acceptors (Lipinski definition) is 6. The molecular weight excluding hydrogens is 374 g/mol. The number of benzene rings is 2. The van der Waals surface area contributed by atoms with Crippen LogP contribution >= 0.6 is 11.3 Å². The number of piperazine rings is 1. The number of carbonyl (C=O) groups is 1. The standard InChI is InChI=1S/C21H21N3O3S/c1-14-6-7-15-19(12-14)28-21(22-15)24-10-8-23(9-11-24)20(25)18-13-26-16-4-2-3-5-17(16)27-18/h2-7,12,18H,8-11,13H2,1H3/t18-/m1/s1. The minimum atomic E-state index is -0.577. The molecule has 0 N–H and O–H groups in total. The van der Waals surface area contributed by atoms with E-state index >= 15 is 0 Å². The molecule has 0 bridgehead atoms. The molecule has 0 unspecified atom stereocenters. The van der Waals surface area contributed by atoms with Gasteiger partial charge < -0.3 is 19.3 Å². The van der Waals surface area contributed by atoms with Crippen LogP contribution in [0.15, 0.2) is 42.5 Å². The van der Waals surface area contributed by atoms with Crippen LogP contribution in [0.25, 0.3) is 10.2 Å². The van der Waals surface area contributed by atoms with Crippen molar-refractivity contribution in [3.05, 3.63) is 48.0 Å². The topological polar surface area (TPSA) is 54.9 Å². The van der Waals surface area contributed by atoms with E-state index in [0.29, 0.717) is 24.6 Å². The minimum Gasteiger partial charge on any atom is -0.485 e. The van der Waals surface area contributed by atoms with Gasteiger partial charge in [-0.3, -0.25) is 4.79 Å². The molecule has 2 aliphatic heterocycles. The molecule has 1 fully saturated rings. The van der Waals surface area contributed by atoms with Crippen molar-refractivity contribution in [2.75, 3.05) is 37.7 Å². The Balaban J connectivity index is 1.23. The van der Waals surface area contributed by atoms with E-state index in [0.717, 1.165) is 23.7 Å². The molecule has 144 valence electrons. The Morgan fingerprint density at radius 3 is 2.71 bits per heavy atom. The number of carbonyl (C=O) groups excluding carboxylic acids is 1. The molecule has 28 heavy (non-hydrogen) atoms. The van der Waals surface area contributed by atoms with Crippen molar-refractivity contribution in [3.8, 4) is 11.5 Å². The van der Waals surface area contributed by atoms with Crippen molar-refractivity contribution in [1.29, 1.82) is 0 Å². The number of hydrogen-bond donors (Lipinski definition) is 0. The Hall–Kier alpha value is -2.80. The first kappa shape index (κ1) is 17.3. The third-order valence-corrected chi connectivity index (χ3v) is 6.26. The van der Waals surface area contributed by atoms with Gasteiger partial charge in [0.15, 0.2) is 16.6 Å². The number of rotatable bonds is 2. The number of aromatic nitrogens is 1. The van der Waals surface area contributed by atoms with E-state index in [9.17, 15) is 4.79 Å². The first-order chi connectivity index (χ1) is 13.7. The molecule has 6 nitrogen and oxygen atoms in total. The first-order valence-electron chi connectivity index (χ1n) is 9.47. The molecular formula is C21H21N3O3S. The lowest BCUT2D eigenvalue weighted by molar-refractivity contribution is -0.141. The third-order valence-electron chi connectivity index (χ3n) is 5.18. The maximum absolute atomic E-state index is 12.9. The third kappa shape index (κ3) is 3.16. The van der Waals surface area contributed by atoms with Crippen LogP contribution in [-0.2, 0) is 4.79 Å². The van der Waals surface area contributed by atoms with Gasteiger partial charge >= 0.3 is 0 Å². The van der Waals surface area contributed by atoms with Crippen molar-refractivity contribution >= 4 is 32.6 Å². The summed E-state index contributed by atoms with van der Waals surface area (Å²) in [5.41, 5.74) is 2.28. The summed E-state index contributed by atoms with van der Waals surface area (Å²) in [5.74, 6) is 1.33. The number of nitrogens with zero attached hydrogens (tertiary/aromatic N) is 3. The van der Waals surface area contributed by atoms with E-state index in [1.807, 2.05) is 29.2 Å². The lowest BCUT2D eigenvalue weighted by Gasteiger charge is -2.37. The largest absolute Gasteiger partial charge is 0.485 e. The molecule has 1 atom stereocenters. The van der Waals surface area contributed by atoms with Gasteiger partial charge in [0.05, 0.1) is 10.2 Å². The zero-order valence-electron chi connectivity index (χ0n) is 15.6. The van der Waals surface area contributed by atoms with Gasteiger partial charge in [0, 0.05) is 26.2 Å². The number of anilines is 1. The molecule has 0 spiro atoms. The highest BCUT2D eigenvalue weighted by atomic mass is 32.1. The summed E-state index contributed by atoms with van der Waals surface area (Å²) in [6.07, 6.45) is -0.577. The summed E-state index contributed by atoms with van der Waals surface area (Å²) in [6.45, 7) is 5.22. The average Bonchev–Trinajstić information content (AvgIpc) is 3.16. The van der Waals surface area contributed by atoms with Gasteiger partial charge in [-0.1, -0.05) is 29.5 Å². The molecule has 0 aliphatic carbocycles. The quantitative estimate of drug-likeness (QED) is 0.667. The smallest absolute Gasteiger partial charge is 0.267 e. The highest BCUT2D eigenvalue weighted by molar-refractivity contribution is 7.22. The first-order valence-corrected chi connectivity index (χ1v) is 10.3. The van der Waals surface area contributed by atoms with E-state index in [1.165, 1.54) is 10.3 Å². The van der Waals surface area contributed by atoms with Crippen LogP contribution in [0.4, 0.5) is 5.13 Å². The van der Waals surface area contributed by atoms with Crippen LogP contribution in [0.1, 0.15) is 5.56 Å². The SMILES string of the molecule is Cc1ccc2nc(N3CCN(C(=O)[C@H]4COc5ccccc5O4)CC3)sc2c1. The number of amides is 1. The van der Waals surface area contributed by atoms with Gasteiger partial charge in [0.2, 0.25) is 6.10 Å². The zero-order chi connectivity index (χ0) is 19.1. The monoisotopic (exact) mass is 395 g/mol. The Labute approximate surface area is 167 Å². The molecule has 3 aromatic rings. The van der Waals surface area contributed by atoms with E-state index in [-0.39, 0.29) is 12.5 Å². The van der Waals surface area contributed by atoms with Gasteiger partial charge in [-0.25, -0.2) is 4.98 Å². The second-order valence-corrected chi connectivity index (χ2v) is 8.15. The summed E-state index contributed by atoms with van der Waals surface area (Å²) in [7, 11) is 0. The van der Waals surface area contributed by atoms with E-state index in [4.69, 9.17) is 14.5 Å². The van der Waals surface area contributed by atoms with Gasteiger partial charge in [-0.15, -0.1) is 0 Å². The second-order valence-electron chi connectivity index (χ2n) is 7.14. The van der Waals surface area contributed by atoms with Crippen molar-refractivity contribution in [2.24, 2.45) is 0 Å². The van der Waals surface area contributed by atoms with Crippen molar-refractivity contribution in [1.82, 2.24) is 9.88 Å². The fourth-order valence-electron chi connectivity index (χ4n) is 3.62. The predicted molar refractivity (Wildman–Crippen MR) is 110 cm³/mol. The number of ether oxygens (including phenoxy) is 2. The maximum Gasteiger partial charge on any atom is 0.267 e.